The predicted octanol–water partition coefficient (Wildman–Crippen LogP) is 2.19. The fraction of sp³-hybridized carbons (Fsp3) is 0.462. The van der Waals surface area contributed by atoms with E-state index in [-0.39, 0.29) is 11.6 Å². The fourth-order valence-electron chi connectivity index (χ4n) is 2.08. The molecule has 6 heteroatoms. The third-order valence-corrected chi connectivity index (χ3v) is 3.08. The number of rotatable bonds is 2. The zero-order valence-corrected chi connectivity index (χ0v) is 10.3. The lowest BCUT2D eigenvalue weighted by Gasteiger charge is -2.23. The predicted molar refractivity (Wildman–Crippen MR) is 64.8 cm³/mol. The second kappa shape index (κ2) is 5.61. The second-order valence-electron chi connectivity index (χ2n) is 4.60. The Bertz CT molecular complexity index is 453. The van der Waals surface area contributed by atoms with Crippen molar-refractivity contribution in [2.45, 2.75) is 25.1 Å². The molecule has 1 amide bonds. The minimum atomic E-state index is -4.43. The van der Waals surface area contributed by atoms with Gasteiger partial charge in [0.05, 0.1) is 5.56 Å². The van der Waals surface area contributed by atoms with Crippen molar-refractivity contribution in [2.24, 2.45) is 0 Å². The van der Waals surface area contributed by atoms with E-state index in [1.807, 2.05) is 0 Å². The molecule has 0 aliphatic carbocycles. The van der Waals surface area contributed by atoms with E-state index in [0.29, 0.717) is 6.54 Å². The van der Waals surface area contributed by atoms with Crippen molar-refractivity contribution in [3.63, 3.8) is 0 Å². The largest absolute Gasteiger partial charge is 0.416 e. The first-order valence-electron chi connectivity index (χ1n) is 6.15. The minimum Gasteiger partial charge on any atom is -0.348 e. The number of hydrogen-bond acceptors (Lipinski definition) is 2. The highest BCUT2D eigenvalue weighted by Crippen LogP contribution is 2.29. The van der Waals surface area contributed by atoms with Crippen LogP contribution in [0.15, 0.2) is 24.3 Å². The Morgan fingerprint density at radius 1 is 1.37 bits per heavy atom. The molecule has 2 N–H and O–H groups in total. The lowest BCUT2D eigenvalue weighted by atomic mass is 10.1. The highest BCUT2D eigenvalue weighted by Gasteiger charge is 2.31. The Kier molecular flexibility index (Phi) is 4.09. The molecule has 0 saturated carbocycles. The molecule has 0 radical (unpaired) electrons. The summed E-state index contributed by atoms with van der Waals surface area (Å²) in [5.74, 6) is -0.459. The van der Waals surface area contributed by atoms with Crippen molar-refractivity contribution in [2.75, 3.05) is 13.1 Å². The Morgan fingerprint density at radius 3 is 2.79 bits per heavy atom. The van der Waals surface area contributed by atoms with Crippen molar-refractivity contribution in [3.8, 4) is 0 Å². The first-order chi connectivity index (χ1) is 8.97. The Hall–Kier alpha value is -1.56. The SMILES string of the molecule is O=C(NC1CCCNC1)c1cccc(C(F)(F)F)c1. The van der Waals surface area contributed by atoms with Gasteiger partial charge in [-0.05, 0) is 37.6 Å². The van der Waals surface area contributed by atoms with Crippen LogP contribution in [0.1, 0.15) is 28.8 Å². The molecule has 2 rings (SSSR count). The fourth-order valence-corrected chi connectivity index (χ4v) is 2.08. The van der Waals surface area contributed by atoms with Gasteiger partial charge in [0.1, 0.15) is 0 Å². The van der Waals surface area contributed by atoms with Gasteiger partial charge in [-0.2, -0.15) is 13.2 Å². The van der Waals surface area contributed by atoms with Gasteiger partial charge in [-0.1, -0.05) is 6.07 Å². The number of nitrogens with one attached hydrogen (secondary N) is 2. The Labute approximate surface area is 109 Å². The molecular weight excluding hydrogens is 257 g/mol. The average molecular weight is 272 g/mol. The van der Waals surface area contributed by atoms with E-state index in [4.69, 9.17) is 0 Å². The van der Waals surface area contributed by atoms with Crippen LogP contribution in [0.4, 0.5) is 13.2 Å². The van der Waals surface area contributed by atoms with Crippen molar-refractivity contribution in [1.82, 2.24) is 10.6 Å². The highest BCUT2D eigenvalue weighted by atomic mass is 19.4. The van der Waals surface area contributed by atoms with E-state index >= 15 is 0 Å². The molecule has 0 aromatic heterocycles. The smallest absolute Gasteiger partial charge is 0.348 e. The maximum absolute atomic E-state index is 12.5. The molecule has 1 fully saturated rings. The third-order valence-electron chi connectivity index (χ3n) is 3.08. The van der Waals surface area contributed by atoms with Crippen LogP contribution in [0.5, 0.6) is 0 Å². The van der Waals surface area contributed by atoms with Crippen molar-refractivity contribution in [1.29, 1.82) is 0 Å². The standard InChI is InChI=1S/C13H15F3N2O/c14-13(15,16)10-4-1-3-9(7-10)12(19)18-11-5-2-6-17-8-11/h1,3-4,7,11,17H,2,5-6,8H2,(H,18,19). The van der Waals surface area contributed by atoms with Gasteiger partial charge in [0.15, 0.2) is 0 Å². The number of alkyl halides is 3. The monoisotopic (exact) mass is 272 g/mol. The van der Waals surface area contributed by atoms with Crippen molar-refractivity contribution < 1.29 is 18.0 Å². The van der Waals surface area contributed by atoms with Crippen LogP contribution in [0.3, 0.4) is 0 Å². The number of carbonyl (C=O) groups excluding carboxylic acids is 1. The summed E-state index contributed by atoms with van der Waals surface area (Å²) >= 11 is 0. The molecule has 0 spiro atoms. The van der Waals surface area contributed by atoms with E-state index in [2.05, 4.69) is 10.6 Å². The zero-order valence-electron chi connectivity index (χ0n) is 10.3. The topological polar surface area (TPSA) is 41.1 Å². The summed E-state index contributed by atoms with van der Waals surface area (Å²) < 4.78 is 37.6. The second-order valence-corrected chi connectivity index (χ2v) is 4.60. The summed E-state index contributed by atoms with van der Waals surface area (Å²) in [5, 5.41) is 5.88. The van der Waals surface area contributed by atoms with Gasteiger partial charge in [0.2, 0.25) is 0 Å². The lowest BCUT2D eigenvalue weighted by Crippen LogP contribution is -2.45. The molecule has 1 aromatic carbocycles. The summed E-state index contributed by atoms with van der Waals surface area (Å²) in [6.45, 7) is 1.57. The van der Waals surface area contributed by atoms with Gasteiger partial charge in [0, 0.05) is 18.2 Å². The molecule has 1 unspecified atom stereocenters. The van der Waals surface area contributed by atoms with Gasteiger partial charge in [0.25, 0.3) is 5.91 Å². The molecule has 1 aliphatic rings. The van der Waals surface area contributed by atoms with Crippen LogP contribution in [0.25, 0.3) is 0 Å². The summed E-state index contributed by atoms with van der Waals surface area (Å²) in [6.07, 6.45) is -2.63. The summed E-state index contributed by atoms with van der Waals surface area (Å²) in [4.78, 5) is 11.9. The average Bonchev–Trinajstić information content (AvgIpc) is 2.39. The normalized spacial score (nSPS) is 20.1. The quantitative estimate of drug-likeness (QED) is 0.866. The summed E-state index contributed by atoms with van der Waals surface area (Å²) in [7, 11) is 0. The molecule has 1 atom stereocenters. The number of amides is 1. The van der Waals surface area contributed by atoms with Crippen molar-refractivity contribution in [3.05, 3.63) is 35.4 Å². The van der Waals surface area contributed by atoms with Crippen LogP contribution >= 0.6 is 0 Å². The zero-order chi connectivity index (χ0) is 13.9. The third kappa shape index (κ3) is 3.70. The van der Waals surface area contributed by atoms with E-state index in [9.17, 15) is 18.0 Å². The maximum atomic E-state index is 12.5. The molecule has 19 heavy (non-hydrogen) atoms. The lowest BCUT2D eigenvalue weighted by molar-refractivity contribution is -0.137. The first-order valence-corrected chi connectivity index (χ1v) is 6.15. The Morgan fingerprint density at radius 2 is 2.16 bits per heavy atom. The van der Waals surface area contributed by atoms with Crippen LogP contribution in [-0.4, -0.2) is 25.0 Å². The maximum Gasteiger partial charge on any atom is 0.416 e. The summed E-state index contributed by atoms with van der Waals surface area (Å²) in [6, 6.07) is 4.46. The van der Waals surface area contributed by atoms with E-state index in [0.717, 1.165) is 31.5 Å². The minimum absolute atomic E-state index is 0.0178. The Balaban J connectivity index is 2.06. The number of halogens is 3. The summed E-state index contributed by atoms with van der Waals surface area (Å²) in [5.41, 5.74) is -0.762. The van der Waals surface area contributed by atoms with Gasteiger partial charge in [-0.25, -0.2) is 0 Å². The highest BCUT2D eigenvalue weighted by molar-refractivity contribution is 5.94. The van der Waals surface area contributed by atoms with E-state index < -0.39 is 17.6 Å². The van der Waals surface area contributed by atoms with Crippen LogP contribution in [0.2, 0.25) is 0 Å². The van der Waals surface area contributed by atoms with Gasteiger partial charge in [-0.3, -0.25) is 4.79 Å². The molecule has 1 aliphatic heterocycles. The molecule has 104 valence electrons. The molecular formula is C13H15F3N2O. The van der Waals surface area contributed by atoms with E-state index in [1.165, 1.54) is 12.1 Å². The number of piperidine rings is 1. The number of carbonyl (C=O) groups is 1. The number of benzene rings is 1. The first kappa shape index (κ1) is 13.9. The van der Waals surface area contributed by atoms with Crippen LogP contribution in [0, 0.1) is 0 Å². The van der Waals surface area contributed by atoms with Gasteiger partial charge >= 0.3 is 6.18 Å². The van der Waals surface area contributed by atoms with E-state index in [1.54, 1.807) is 0 Å². The molecule has 1 saturated heterocycles. The van der Waals surface area contributed by atoms with Gasteiger partial charge in [-0.15, -0.1) is 0 Å². The van der Waals surface area contributed by atoms with Crippen LogP contribution < -0.4 is 10.6 Å². The van der Waals surface area contributed by atoms with Crippen LogP contribution in [-0.2, 0) is 6.18 Å². The van der Waals surface area contributed by atoms with Crippen molar-refractivity contribution >= 4 is 5.91 Å². The molecule has 1 aromatic rings. The molecule has 3 nitrogen and oxygen atoms in total. The van der Waals surface area contributed by atoms with Gasteiger partial charge < -0.3 is 10.6 Å². The molecule has 1 heterocycles. The molecule has 0 bridgehead atoms. The number of hydrogen-bond donors (Lipinski definition) is 2.